The number of nitrogens with zero attached hydrogens (tertiary/aromatic N) is 2. The zero-order valence-electron chi connectivity index (χ0n) is 20.7. The van der Waals surface area contributed by atoms with Gasteiger partial charge in [0.1, 0.15) is 29.9 Å². The minimum Gasteiger partial charge on any atom is -0.462 e. The van der Waals surface area contributed by atoms with E-state index in [9.17, 15) is 29.3 Å². The number of esters is 1. The Labute approximate surface area is 212 Å². The zero-order valence-corrected chi connectivity index (χ0v) is 21.6. The number of aliphatic hydroxyl groups is 1. The fraction of sp³-hybridized carbons (Fsp3) is 0.478. The lowest BCUT2D eigenvalue weighted by molar-refractivity contribution is -0.149. The number of aryl methyl sites for hydroxylation is 1. The van der Waals surface area contributed by atoms with Crippen LogP contribution >= 0.6 is 7.75 Å². The molecule has 2 aromatic rings. The maximum absolute atomic E-state index is 13.6. The number of hydrogen-bond donors (Lipinski definition) is 3. The summed E-state index contributed by atoms with van der Waals surface area (Å²) in [7, 11) is -4.26. The van der Waals surface area contributed by atoms with E-state index >= 15 is 0 Å². The van der Waals surface area contributed by atoms with Crippen LogP contribution < -0.4 is 20.9 Å². The molecule has 14 heteroatoms. The first-order valence-corrected chi connectivity index (χ1v) is 13.0. The summed E-state index contributed by atoms with van der Waals surface area (Å²) in [6, 6.07) is 8.88. The molecule has 1 aliphatic rings. The summed E-state index contributed by atoms with van der Waals surface area (Å²) in [4.78, 5) is 38.4. The smallest absolute Gasteiger partial charge is 0.459 e. The molecule has 0 radical (unpaired) electrons. The van der Waals surface area contributed by atoms with E-state index < -0.39 is 68.1 Å². The maximum atomic E-state index is 13.6. The van der Waals surface area contributed by atoms with E-state index in [1.165, 1.54) is 32.2 Å². The maximum Gasteiger partial charge on any atom is 0.459 e. The number of para-hydroxylation sites is 1. The van der Waals surface area contributed by atoms with Crippen molar-refractivity contribution in [3.05, 3.63) is 62.9 Å². The molecule has 37 heavy (non-hydrogen) atoms. The van der Waals surface area contributed by atoms with E-state index in [2.05, 4.69) is 10.1 Å². The number of aromatic amines is 1. The number of carbonyl (C=O) groups is 1. The molecule has 2 heterocycles. The standard InChI is InChI=1S/C23H29N4O9P/c1-13(2)34-22(30)15(4)26-37(32,36-16-8-6-5-7-9-16)33-12-18-19(28)17(10-24)21(35-18)27-11-14(3)20(29)25-23(27)31/h5-9,11,13,15,17-19,21,28H,12H2,1-4H3,(H,26,32)(H,25,29,31)/t15-,17+,18-,19?,21-,37?/m0/s1. The number of H-pyrrole nitrogens is 1. The number of rotatable bonds is 10. The molecule has 6 atom stereocenters. The normalized spacial score (nSPS) is 23.7. The van der Waals surface area contributed by atoms with Gasteiger partial charge >= 0.3 is 19.4 Å². The van der Waals surface area contributed by atoms with Crippen LogP contribution in [0.15, 0.2) is 46.1 Å². The van der Waals surface area contributed by atoms with Gasteiger partial charge in [0, 0.05) is 11.8 Å². The fourth-order valence-electron chi connectivity index (χ4n) is 3.54. The predicted octanol–water partition coefficient (Wildman–Crippen LogP) is 1.38. The van der Waals surface area contributed by atoms with Crippen molar-refractivity contribution in [1.82, 2.24) is 14.6 Å². The van der Waals surface area contributed by atoms with Crippen molar-refractivity contribution < 1.29 is 33.0 Å². The van der Waals surface area contributed by atoms with E-state index in [0.717, 1.165) is 4.57 Å². The van der Waals surface area contributed by atoms with Gasteiger partial charge in [-0.1, -0.05) is 18.2 Å². The molecule has 200 valence electrons. The molecule has 0 saturated carbocycles. The third kappa shape index (κ3) is 6.94. The average molecular weight is 536 g/mol. The van der Waals surface area contributed by atoms with Crippen LogP contribution in [0.3, 0.4) is 0 Å². The highest BCUT2D eigenvalue weighted by molar-refractivity contribution is 7.52. The fourth-order valence-corrected chi connectivity index (χ4v) is 5.04. The number of nitriles is 1. The summed E-state index contributed by atoms with van der Waals surface area (Å²) >= 11 is 0. The first-order valence-electron chi connectivity index (χ1n) is 11.5. The largest absolute Gasteiger partial charge is 0.462 e. The summed E-state index contributed by atoms with van der Waals surface area (Å²) in [6.07, 6.45) is -3.09. The number of benzene rings is 1. The highest BCUT2D eigenvalue weighted by Gasteiger charge is 2.47. The molecule has 13 nitrogen and oxygen atoms in total. The number of hydrogen-bond acceptors (Lipinski definition) is 10. The van der Waals surface area contributed by atoms with E-state index in [1.807, 2.05) is 6.07 Å². The molecule has 3 rings (SSSR count). The van der Waals surface area contributed by atoms with Crippen molar-refractivity contribution in [3.8, 4) is 11.8 Å². The zero-order chi connectivity index (χ0) is 27.3. The molecule has 1 saturated heterocycles. The van der Waals surface area contributed by atoms with Gasteiger partial charge in [0.15, 0.2) is 6.23 Å². The van der Waals surface area contributed by atoms with Crippen molar-refractivity contribution in [1.29, 1.82) is 5.26 Å². The second-order valence-corrected chi connectivity index (χ2v) is 10.4. The number of carbonyl (C=O) groups excluding carboxylic acids is 1. The summed E-state index contributed by atoms with van der Waals surface area (Å²) in [5, 5.41) is 22.8. The Hall–Kier alpha value is -3.27. The van der Waals surface area contributed by atoms with Crippen molar-refractivity contribution in [2.24, 2.45) is 5.92 Å². The molecule has 0 spiro atoms. The Morgan fingerprint density at radius 3 is 2.59 bits per heavy atom. The molecule has 1 aliphatic heterocycles. The van der Waals surface area contributed by atoms with Gasteiger partial charge in [-0.15, -0.1) is 0 Å². The predicted molar refractivity (Wildman–Crippen MR) is 130 cm³/mol. The molecule has 0 aliphatic carbocycles. The lowest BCUT2D eigenvalue weighted by Gasteiger charge is -2.25. The van der Waals surface area contributed by atoms with Crippen molar-refractivity contribution in [3.63, 3.8) is 0 Å². The van der Waals surface area contributed by atoms with Gasteiger partial charge in [-0.05, 0) is 39.8 Å². The van der Waals surface area contributed by atoms with E-state index in [1.54, 1.807) is 32.0 Å². The van der Waals surface area contributed by atoms with E-state index in [-0.39, 0.29) is 11.3 Å². The van der Waals surface area contributed by atoms with Gasteiger partial charge in [0.25, 0.3) is 5.56 Å². The molecule has 2 unspecified atom stereocenters. The lowest BCUT2D eigenvalue weighted by atomic mass is 10.0. The molecule has 1 aromatic carbocycles. The first-order chi connectivity index (χ1) is 17.4. The Kier molecular flexibility index (Phi) is 9.07. The van der Waals surface area contributed by atoms with Crippen molar-refractivity contribution >= 4 is 13.7 Å². The second-order valence-electron chi connectivity index (χ2n) is 8.72. The van der Waals surface area contributed by atoms with Crippen molar-refractivity contribution in [2.45, 2.75) is 58.3 Å². The summed E-state index contributed by atoms with van der Waals surface area (Å²) in [5.74, 6) is -1.72. The summed E-state index contributed by atoms with van der Waals surface area (Å²) < 4.78 is 36.6. The Balaban J connectivity index is 1.81. The molecular formula is C23H29N4O9P. The minimum atomic E-state index is -4.26. The van der Waals surface area contributed by atoms with Crippen LogP contribution in [-0.4, -0.2) is 51.6 Å². The van der Waals surface area contributed by atoms with Crippen LogP contribution in [0.2, 0.25) is 0 Å². The van der Waals surface area contributed by atoms with E-state index in [0.29, 0.717) is 0 Å². The Morgan fingerprint density at radius 1 is 1.30 bits per heavy atom. The molecule has 0 amide bonds. The van der Waals surface area contributed by atoms with Crippen LogP contribution in [-0.2, 0) is 23.4 Å². The lowest BCUT2D eigenvalue weighted by Crippen LogP contribution is -2.37. The SMILES string of the molecule is Cc1cn([C@H]2O[C@@H](COP(=O)(N[C@@H](C)C(=O)OC(C)C)Oc3ccccc3)C(O)[C@H]2C#N)c(=O)[nH]c1=O. The van der Waals surface area contributed by atoms with Gasteiger partial charge in [-0.2, -0.15) is 10.3 Å². The third-order valence-electron chi connectivity index (χ3n) is 5.37. The number of ether oxygens (including phenoxy) is 2. The molecule has 1 aromatic heterocycles. The van der Waals surface area contributed by atoms with Crippen LogP contribution in [0.25, 0.3) is 0 Å². The second kappa shape index (κ2) is 11.9. The summed E-state index contributed by atoms with van der Waals surface area (Å²) in [5.41, 5.74) is -1.23. The number of aromatic nitrogens is 2. The van der Waals surface area contributed by atoms with Gasteiger partial charge in [-0.25, -0.2) is 9.36 Å². The van der Waals surface area contributed by atoms with Gasteiger partial charge in [-0.3, -0.25) is 23.7 Å². The average Bonchev–Trinajstić information content (AvgIpc) is 3.15. The highest BCUT2D eigenvalue weighted by Crippen LogP contribution is 2.46. The van der Waals surface area contributed by atoms with Gasteiger partial charge in [0.2, 0.25) is 0 Å². The topological polar surface area (TPSA) is 182 Å². The molecular weight excluding hydrogens is 507 g/mol. The van der Waals surface area contributed by atoms with Crippen LogP contribution in [0, 0.1) is 24.2 Å². The quantitative estimate of drug-likeness (QED) is 0.295. The minimum absolute atomic E-state index is 0.179. The number of nitrogens with one attached hydrogen (secondary N) is 2. The highest BCUT2D eigenvalue weighted by atomic mass is 31.2. The van der Waals surface area contributed by atoms with Gasteiger partial charge < -0.3 is 19.1 Å². The monoisotopic (exact) mass is 536 g/mol. The van der Waals surface area contributed by atoms with Crippen LogP contribution in [0.1, 0.15) is 32.6 Å². The van der Waals surface area contributed by atoms with E-state index in [4.69, 9.17) is 18.5 Å². The third-order valence-corrected chi connectivity index (χ3v) is 7.02. The van der Waals surface area contributed by atoms with Gasteiger partial charge in [0.05, 0.1) is 18.8 Å². The molecule has 1 fully saturated rings. The molecule has 0 bridgehead atoms. The molecule has 3 N–H and O–H groups in total. The number of aliphatic hydroxyl groups excluding tert-OH is 1. The van der Waals surface area contributed by atoms with Crippen molar-refractivity contribution in [2.75, 3.05) is 6.61 Å². The van der Waals surface area contributed by atoms with Crippen LogP contribution in [0.4, 0.5) is 0 Å². The Bertz CT molecular complexity index is 1300. The summed E-state index contributed by atoms with van der Waals surface area (Å²) in [6.45, 7) is 5.68. The Morgan fingerprint density at radius 2 is 1.97 bits per heavy atom. The first kappa shape index (κ1) is 28.3. The van der Waals surface area contributed by atoms with Crippen LogP contribution in [0.5, 0.6) is 5.75 Å².